The Bertz CT molecular complexity index is 991. The first-order chi connectivity index (χ1) is 11.7. The molecule has 136 valence electrons. The van der Waals surface area contributed by atoms with E-state index in [-0.39, 0.29) is 14.8 Å². The van der Waals surface area contributed by atoms with Crippen LogP contribution in [0.3, 0.4) is 0 Å². The molecular weight excluding hydrogens is 382 g/mol. The Hall–Kier alpha value is -1.49. The van der Waals surface area contributed by atoms with Crippen LogP contribution in [-0.4, -0.2) is 39.2 Å². The number of thiazole rings is 1. The van der Waals surface area contributed by atoms with Gasteiger partial charge in [0, 0.05) is 13.1 Å². The summed E-state index contributed by atoms with van der Waals surface area (Å²) in [4.78, 5) is 4.21. The smallest absolute Gasteiger partial charge is 0.273 e. The van der Waals surface area contributed by atoms with E-state index in [9.17, 15) is 16.8 Å². The topological polar surface area (TPSA) is 96.4 Å². The van der Waals surface area contributed by atoms with Crippen molar-refractivity contribution in [3.63, 3.8) is 0 Å². The standard InChI is InChI=1S/C15H19N3O4S3/c1-11-15(23-12(2)16-11)24(19,20)17-13-6-5-7-14(10-13)25(21,22)18-8-3-4-9-18/h5-7,10,17H,3-4,8-9H2,1-2H3. The van der Waals surface area contributed by atoms with E-state index in [1.54, 1.807) is 13.8 Å². The van der Waals surface area contributed by atoms with Gasteiger partial charge < -0.3 is 0 Å². The number of hydrogen-bond acceptors (Lipinski definition) is 6. The van der Waals surface area contributed by atoms with Gasteiger partial charge in [-0.2, -0.15) is 4.31 Å². The van der Waals surface area contributed by atoms with Gasteiger partial charge in [-0.05, 0) is 44.9 Å². The van der Waals surface area contributed by atoms with Gasteiger partial charge in [-0.15, -0.1) is 11.3 Å². The summed E-state index contributed by atoms with van der Waals surface area (Å²) < 4.78 is 54.4. The van der Waals surface area contributed by atoms with Crippen LogP contribution >= 0.6 is 11.3 Å². The highest BCUT2D eigenvalue weighted by molar-refractivity contribution is 7.94. The lowest BCUT2D eigenvalue weighted by Crippen LogP contribution is -2.27. The molecule has 7 nitrogen and oxygen atoms in total. The second-order valence-electron chi connectivity index (χ2n) is 5.85. The van der Waals surface area contributed by atoms with E-state index < -0.39 is 20.0 Å². The van der Waals surface area contributed by atoms with Crippen molar-refractivity contribution in [1.82, 2.24) is 9.29 Å². The van der Waals surface area contributed by atoms with Gasteiger partial charge in [-0.25, -0.2) is 21.8 Å². The third kappa shape index (κ3) is 3.71. The molecule has 0 atom stereocenters. The fourth-order valence-corrected chi connectivity index (χ4v) is 6.86. The highest BCUT2D eigenvalue weighted by Crippen LogP contribution is 2.27. The van der Waals surface area contributed by atoms with Crippen molar-refractivity contribution in [1.29, 1.82) is 0 Å². The van der Waals surface area contributed by atoms with E-state index in [0.29, 0.717) is 23.8 Å². The summed E-state index contributed by atoms with van der Waals surface area (Å²) in [5.74, 6) is 0. The molecule has 0 bridgehead atoms. The third-order valence-electron chi connectivity index (χ3n) is 3.89. The van der Waals surface area contributed by atoms with Gasteiger partial charge in [0.25, 0.3) is 10.0 Å². The molecule has 10 heteroatoms. The van der Waals surface area contributed by atoms with Gasteiger partial charge in [0.05, 0.1) is 21.3 Å². The largest absolute Gasteiger partial charge is 0.279 e. The van der Waals surface area contributed by atoms with Gasteiger partial charge in [0.2, 0.25) is 10.0 Å². The first-order valence-corrected chi connectivity index (χ1v) is 11.5. The summed E-state index contributed by atoms with van der Waals surface area (Å²) in [6.07, 6.45) is 1.69. The minimum Gasteiger partial charge on any atom is -0.279 e. The number of anilines is 1. The Balaban J connectivity index is 1.91. The molecule has 1 aromatic carbocycles. The summed E-state index contributed by atoms with van der Waals surface area (Å²) in [6, 6.07) is 5.90. The zero-order valence-electron chi connectivity index (χ0n) is 13.9. The molecule has 1 N–H and O–H groups in total. The molecule has 2 aromatic rings. The Morgan fingerprint density at radius 1 is 1.12 bits per heavy atom. The summed E-state index contributed by atoms with van der Waals surface area (Å²) in [7, 11) is -7.40. The molecule has 0 unspecified atom stereocenters. The molecule has 0 radical (unpaired) electrons. The van der Waals surface area contributed by atoms with Gasteiger partial charge in [0.1, 0.15) is 0 Å². The second kappa shape index (κ2) is 6.67. The second-order valence-corrected chi connectivity index (χ2v) is 10.9. The summed E-state index contributed by atoms with van der Waals surface area (Å²) in [6.45, 7) is 4.36. The average molecular weight is 402 g/mol. The highest BCUT2D eigenvalue weighted by Gasteiger charge is 2.28. The number of rotatable bonds is 5. The van der Waals surface area contributed by atoms with E-state index in [1.165, 1.54) is 28.6 Å². The van der Waals surface area contributed by atoms with E-state index in [0.717, 1.165) is 24.2 Å². The fraction of sp³-hybridized carbons (Fsp3) is 0.400. The molecule has 3 rings (SSSR count). The molecule has 1 aromatic heterocycles. The molecule has 1 aliphatic heterocycles. The van der Waals surface area contributed by atoms with E-state index in [2.05, 4.69) is 9.71 Å². The molecule has 0 spiro atoms. The Morgan fingerprint density at radius 3 is 2.40 bits per heavy atom. The van der Waals surface area contributed by atoms with Crippen molar-refractivity contribution in [2.75, 3.05) is 17.8 Å². The molecule has 0 aliphatic carbocycles. The van der Waals surface area contributed by atoms with Crippen LogP contribution in [0, 0.1) is 13.8 Å². The van der Waals surface area contributed by atoms with Gasteiger partial charge in [-0.3, -0.25) is 4.72 Å². The summed E-state index contributed by atoms with van der Waals surface area (Å²) in [5, 5.41) is 0.656. The van der Waals surface area contributed by atoms with E-state index in [1.807, 2.05) is 0 Å². The average Bonchev–Trinajstić information content (AvgIpc) is 3.17. The van der Waals surface area contributed by atoms with Crippen LogP contribution < -0.4 is 4.72 Å². The maximum atomic E-state index is 12.6. The van der Waals surface area contributed by atoms with Crippen LogP contribution in [0.15, 0.2) is 33.4 Å². The monoisotopic (exact) mass is 401 g/mol. The van der Waals surface area contributed by atoms with Crippen LogP contribution in [0.1, 0.15) is 23.5 Å². The maximum Gasteiger partial charge on any atom is 0.273 e. The zero-order valence-corrected chi connectivity index (χ0v) is 16.3. The zero-order chi connectivity index (χ0) is 18.2. The van der Waals surface area contributed by atoms with Crippen LogP contribution in [0.4, 0.5) is 5.69 Å². The van der Waals surface area contributed by atoms with Crippen molar-refractivity contribution in [2.24, 2.45) is 0 Å². The van der Waals surface area contributed by atoms with Crippen LogP contribution in [0.5, 0.6) is 0 Å². The highest BCUT2D eigenvalue weighted by atomic mass is 32.2. The van der Waals surface area contributed by atoms with E-state index >= 15 is 0 Å². The Morgan fingerprint density at radius 2 is 1.80 bits per heavy atom. The first kappa shape index (κ1) is 18.3. The number of aryl methyl sites for hydroxylation is 2. The molecule has 25 heavy (non-hydrogen) atoms. The SMILES string of the molecule is Cc1nc(C)c(S(=O)(=O)Nc2cccc(S(=O)(=O)N3CCCC3)c2)s1. The van der Waals surface area contributed by atoms with Crippen molar-refractivity contribution in [3.8, 4) is 0 Å². The van der Waals surface area contributed by atoms with Crippen molar-refractivity contribution in [2.45, 2.75) is 35.8 Å². The summed E-state index contributed by atoms with van der Waals surface area (Å²) >= 11 is 1.08. The Kier molecular flexibility index (Phi) is 4.89. The predicted octanol–water partition coefficient (Wildman–Crippen LogP) is 2.35. The number of benzene rings is 1. The summed E-state index contributed by atoms with van der Waals surface area (Å²) in [5.41, 5.74) is 0.640. The molecule has 2 heterocycles. The van der Waals surface area contributed by atoms with Gasteiger partial charge >= 0.3 is 0 Å². The van der Waals surface area contributed by atoms with Gasteiger partial charge in [0.15, 0.2) is 4.21 Å². The lowest BCUT2D eigenvalue weighted by atomic mass is 10.3. The van der Waals surface area contributed by atoms with Crippen LogP contribution in [-0.2, 0) is 20.0 Å². The Labute approximate surface area is 151 Å². The first-order valence-electron chi connectivity index (χ1n) is 7.77. The fourth-order valence-electron chi connectivity index (χ4n) is 2.76. The molecule has 0 amide bonds. The van der Waals surface area contributed by atoms with Crippen molar-refractivity contribution >= 4 is 37.1 Å². The number of aromatic nitrogens is 1. The molecule has 0 saturated carbocycles. The lowest BCUT2D eigenvalue weighted by molar-refractivity contribution is 0.477. The maximum absolute atomic E-state index is 12.6. The van der Waals surface area contributed by atoms with Crippen molar-refractivity contribution < 1.29 is 16.8 Å². The molecule has 1 aliphatic rings. The molecule has 1 saturated heterocycles. The predicted molar refractivity (Wildman–Crippen MR) is 96.8 cm³/mol. The van der Waals surface area contributed by atoms with Crippen molar-refractivity contribution in [3.05, 3.63) is 35.0 Å². The minimum atomic E-state index is -3.81. The number of nitrogens with zero attached hydrogens (tertiary/aromatic N) is 2. The minimum absolute atomic E-state index is 0.0896. The van der Waals surface area contributed by atoms with Crippen LogP contribution in [0.25, 0.3) is 0 Å². The number of hydrogen-bond donors (Lipinski definition) is 1. The van der Waals surface area contributed by atoms with Crippen LogP contribution in [0.2, 0.25) is 0 Å². The van der Waals surface area contributed by atoms with Gasteiger partial charge in [-0.1, -0.05) is 6.07 Å². The normalized spacial score (nSPS) is 16.2. The third-order valence-corrected chi connectivity index (χ3v) is 8.85. The molecule has 1 fully saturated rings. The lowest BCUT2D eigenvalue weighted by Gasteiger charge is -2.16. The molecular formula is C15H19N3O4S3. The number of nitrogens with one attached hydrogen (secondary N) is 1. The quantitative estimate of drug-likeness (QED) is 0.829. The number of sulfonamides is 2. The van der Waals surface area contributed by atoms with E-state index in [4.69, 9.17) is 0 Å².